The van der Waals surface area contributed by atoms with Crippen LogP contribution in [0.2, 0.25) is 0 Å². The van der Waals surface area contributed by atoms with Gasteiger partial charge in [-0.25, -0.2) is 22.0 Å². The van der Waals surface area contributed by atoms with Crippen LogP contribution < -0.4 is 5.32 Å². The summed E-state index contributed by atoms with van der Waals surface area (Å²) in [6.45, 7) is 1.91. The number of hydrogen-bond acceptors (Lipinski definition) is 2. The molecule has 0 saturated carbocycles. The maximum atomic E-state index is 13.9. The predicted octanol–water partition coefficient (Wildman–Crippen LogP) is 2.81. The summed E-state index contributed by atoms with van der Waals surface area (Å²) >= 11 is 0. The van der Waals surface area contributed by atoms with E-state index in [2.05, 4.69) is 10.4 Å². The molecule has 2 aromatic rings. The number of aromatic nitrogens is 2. The third kappa shape index (κ3) is 2.63. The van der Waals surface area contributed by atoms with E-state index in [1.807, 2.05) is 0 Å². The lowest BCUT2D eigenvalue weighted by Crippen LogP contribution is -2.25. The standard InChI is InChI=1S/C13H12F5N3/c1-3-19-13(6-4-20-21(2)5-6)7-8(14)10(16)12(18)11(17)9(7)15/h4-5,13,19H,3H2,1-2H3. The Morgan fingerprint density at radius 2 is 1.57 bits per heavy atom. The molecule has 3 nitrogen and oxygen atoms in total. The number of nitrogens with zero attached hydrogens (tertiary/aromatic N) is 2. The average molecular weight is 305 g/mol. The fourth-order valence-corrected chi connectivity index (χ4v) is 2.06. The Morgan fingerprint density at radius 3 is 2.00 bits per heavy atom. The maximum Gasteiger partial charge on any atom is 0.200 e. The molecule has 0 fully saturated rings. The van der Waals surface area contributed by atoms with Crippen molar-refractivity contribution in [2.75, 3.05) is 6.54 Å². The quantitative estimate of drug-likeness (QED) is 0.535. The van der Waals surface area contributed by atoms with Gasteiger partial charge in [0, 0.05) is 18.8 Å². The van der Waals surface area contributed by atoms with E-state index in [4.69, 9.17) is 0 Å². The van der Waals surface area contributed by atoms with Crippen molar-refractivity contribution >= 4 is 0 Å². The van der Waals surface area contributed by atoms with Crippen LogP contribution in [0.15, 0.2) is 12.4 Å². The second-order valence-electron chi connectivity index (χ2n) is 4.42. The van der Waals surface area contributed by atoms with Crippen molar-refractivity contribution in [2.24, 2.45) is 7.05 Å². The summed E-state index contributed by atoms with van der Waals surface area (Å²) in [6, 6.07) is -1.19. The summed E-state index contributed by atoms with van der Waals surface area (Å²) in [5.74, 6) is -9.79. The number of hydrogen-bond donors (Lipinski definition) is 1. The summed E-state index contributed by atoms with van der Waals surface area (Å²) in [5.41, 5.74) is -0.621. The van der Waals surface area contributed by atoms with E-state index in [1.54, 1.807) is 14.0 Å². The Labute approximate surface area is 117 Å². The van der Waals surface area contributed by atoms with Crippen molar-refractivity contribution in [1.82, 2.24) is 15.1 Å². The van der Waals surface area contributed by atoms with Gasteiger partial charge in [0.15, 0.2) is 23.3 Å². The molecular weight excluding hydrogens is 293 g/mol. The number of aryl methyl sites for hydroxylation is 1. The molecule has 0 radical (unpaired) electrons. The molecule has 2 rings (SSSR count). The zero-order chi connectivity index (χ0) is 15.7. The number of benzene rings is 1. The lowest BCUT2D eigenvalue weighted by atomic mass is 9.99. The van der Waals surface area contributed by atoms with Crippen LogP contribution in [0.4, 0.5) is 22.0 Å². The van der Waals surface area contributed by atoms with Crippen molar-refractivity contribution < 1.29 is 22.0 Å². The van der Waals surface area contributed by atoms with Crippen molar-refractivity contribution in [3.8, 4) is 0 Å². The Morgan fingerprint density at radius 1 is 1.05 bits per heavy atom. The largest absolute Gasteiger partial charge is 0.306 e. The van der Waals surface area contributed by atoms with E-state index in [-0.39, 0.29) is 6.54 Å². The normalized spacial score (nSPS) is 12.7. The molecule has 1 heterocycles. The predicted molar refractivity (Wildman–Crippen MR) is 65.0 cm³/mol. The van der Waals surface area contributed by atoms with Gasteiger partial charge in [0.2, 0.25) is 5.82 Å². The summed E-state index contributed by atoms with van der Waals surface area (Å²) in [4.78, 5) is 0. The molecule has 21 heavy (non-hydrogen) atoms. The molecule has 0 aliphatic carbocycles. The van der Waals surface area contributed by atoms with Crippen LogP contribution in [-0.4, -0.2) is 16.3 Å². The first-order chi connectivity index (χ1) is 9.88. The Kier molecular flexibility index (Phi) is 4.26. The van der Waals surface area contributed by atoms with Crippen molar-refractivity contribution in [2.45, 2.75) is 13.0 Å². The molecule has 0 saturated heterocycles. The zero-order valence-corrected chi connectivity index (χ0v) is 11.2. The summed E-state index contributed by atoms with van der Waals surface area (Å²) in [7, 11) is 1.57. The minimum atomic E-state index is -2.17. The molecule has 1 atom stereocenters. The van der Waals surface area contributed by atoms with Crippen LogP contribution in [0, 0.1) is 29.1 Å². The monoisotopic (exact) mass is 305 g/mol. The van der Waals surface area contributed by atoms with Crippen molar-refractivity contribution in [1.29, 1.82) is 0 Å². The lowest BCUT2D eigenvalue weighted by Gasteiger charge is -2.19. The van der Waals surface area contributed by atoms with E-state index < -0.39 is 40.7 Å². The zero-order valence-electron chi connectivity index (χ0n) is 11.2. The van der Waals surface area contributed by atoms with E-state index in [0.717, 1.165) is 0 Å². The van der Waals surface area contributed by atoms with Crippen LogP contribution in [0.25, 0.3) is 0 Å². The third-order valence-corrected chi connectivity index (χ3v) is 3.00. The molecule has 1 N–H and O–H groups in total. The molecule has 8 heteroatoms. The minimum absolute atomic E-state index is 0.263. The summed E-state index contributed by atoms with van der Waals surface area (Å²) in [5, 5.41) is 6.53. The highest BCUT2D eigenvalue weighted by Gasteiger charge is 2.31. The SMILES string of the molecule is CCNC(c1cnn(C)c1)c1c(F)c(F)c(F)c(F)c1F. The van der Waals surface area contributed by atoms with Gasteiger partial charge < -0.3 is 5.32 Å². The van der Waals surface area contributed by atoms with Gasteiger partial charge >= 0.3 is 0 Å². The van der Waals surface area contributed by atoms with Gasteiger partial charge in [0.25, 0.3) is 0 Å². The first-order valence-electron chi connectivity index (χ1n) is 6.11. The second-order valence-corrected chi connectivity index (χ2v) is 4.42. The lowest BCUT2D eigenvalue weighted by molar-refractivity contribution is 0.362. The molecule has 0 aliphatic rings. The number of rotatable bonds is 4. The van der Waals surface area contributed by atoms with Crippen LogP contribution in [0.3, 0.4) is 0 Å². The fraction of sp³-hybridized carbons (Fsp3) is 0.308. The molecule has 0 bridgehead atoms. The van der Waals surface area contributed by atoms with Crippen molar-refractivity contribution in [3.63, 3.8) is 0 Å². The molecule has 1 unspecified atom stereocenters. The Bertz CT molecular complexity index is 639. The molecule has 114 valence electrons. The van der Waals surface area contributed by atoms with Crippen LogP contribution >= 0.6 is 0 Å². The topological polar surface area (TPSA) is 29.9 Å². The molecule has 0 amide bonds. The summed E-state index contributed by atoms with van der Waals surface area (Å²) in [6.07, 6.45) is 2.73. The van der Waals surface area contributed by atoms with Gasteiger partial charge in [-0.15, -0.1) is 0 Å². The van der Waals surface area contributed by atoms with Gasteiger partial charge in [-0.05, 0) is 6.54 Å². The van der Waals surface area contributed by atoms with E-state index >= 15 is 0 Å². The second kappa shape index (κ2) is 5.80. The average Bonchev–Trinajstić information content (AvgIpc) is 2.88. The molecule has 0 spiro atoms. The smallest absolute Gasteiger partial charge is 0.200 e. The van der Waals surface area contributed by atoms with E-state index in [0.29, 0.717) is 5.56 Å². The van der Waals surface area contributed by atoms with Gasteiger partial charge in [-0.2, -0.15) is 5.10 Å². The third-order valence-electron chi connectivity index (χ3n) is 3.00. The molecular formula is C13H12F5N3. The first-order valence-corrected chi connectivity index (χ1v) is 6.11. The molecule has 1 aromatic heterocycles. The van der Waals surface area contributed by atoms with Crippen LogP contribution in [0.5, 0.6) is 0 Å². The summed E-state index contributed by atoms with van der Waals surface area (Å²) < 4.78 is 68.8. The van der Waals surface area contributed by atoms with Gasteiger partial charge in [-0.1, -0.05) is 6.92 Å². The van der Waals surface area contributed by atoms with Crippen LogP contribution in [0.1, 0.15) is 24.1 Å². The fourth-order valence-electron chi connectivity index (χ4n) is 2.06. The number of halogens is 5. The van der Waals surface area contributed by atoms with Crippen molar-refractivity contribution in [3.05, 3.63) is 52.6 Å². The number of nitrogens with one attached hydrogen (secondary N) is 1. The molecule has 1 aromatic carbocycles. The van der Waals surface area contributed by atoms with Gasteiger partial charge in [0.1, 0.15) is 0 Å². The van der Waals surface area contributed by atoms with Gasteiger partial charge in [-0.3, -0.25) is 4.68 Å². The minimum Gasteiger partial charge on any atom is -0.306 e. The highest BCUT2D eigenvalue weighted by atomic mass is 19.2. The highest BCUT2D eigenvalue weighted by molar-refractivity contribution is 5.33. The Hall–Kier alpha value is -1.96. The van der Waals surface area contributed by atoms with Crippen LogP contribution in [-0.2, 0) is 7.05 Å². The van der Waals surface area contributed by atoms with Gasteiger partial charge in [0.05, 0.1) is 17.8 Å². The maximum absolute atomic E-state index is 13.9. The highest BCUT2D eigenvalue weighted by Crippen LogP contribution is 2.31. The Balaban J connectivity index is 2.66. The first kappa shape index (κ1) is 15.4. The molecule has 0 aliphatic heterocycles. The van der Waals surface area contributed by atoms with E-state index in [1.165, 1.54) is 17.1 Å². The van der Waals surface area contributed by atoms with E-state index in [9.17, 15) is 22.0 Å².